The summed E-state index contributed by atoms with van der Waals surface area (Å²) in [5.41, 5.74) is 6.44. The third-order valence-electron chi connectivity index (χ3n) is 10.6. The van der Waals surface area contributed by atoms with E-state index in [1.54, 1.807) is 0 Å². The zero-order chi connectivity index (χ0) is 27.3. The number of halogens is 1. The van der Waals surface area contributed by atoms with Crippen molar-refractivity contribution in [2.75, 3.05) is 26.2 Å². The summed E-state index contributed by atoms with van der Waals surface area (Å²) in [4.78, 5) is 31.6. The van der Waals surface area contributed by atoms with E-state index in [-0.39, 0.29) is 47.9 Å². The summed E-state index contributed by atoms with van der Waals surface area (Å²) in [6.45, 7) is 6.93. The van der Waals surface area contributed by atoms with Gasteiger partial charge >= 0.3 is 0 Å². The second-order valence-electron chi connectivity index (χ2n) is 13.4. The van der Waals surface area contributed by atoms with Crippen LogP contribution in [-0.2, 0) is 14.3 Å². The number of amides is 1. The Morgan fingerprint density at radius 1 is 1.13 bits per heavy atom. The molecule has 0 aromatic rings. The lowest BCUT2D eigenvalue weighted by Gasteiger charge is -2.61. The quantitative estimate of drug-likeness (QED) is 0.333. The number of fused-ring (bicyclic) bond motifs is 3. The van der Waals surface area contributed by atoms with Gasteiger partial charge in [-0.3, -0.25) is 14.5 Å². The number of carbonyl (C=O) groups excluding carboxylic acids is 2. The number of likely N-dealkylation sites (tertiary alicyclic amines) is 1. The van der Waals surface area contributed by atoms with Crippen molar-refractivity contribution in [1.82, 2.24) is 20.4 Å². The van der Waals surface area contributed by atoms with Crippen LogP contribution in [0.4, 0.5) is 4.39 Å². The molecule has 5 fully saturated rings. The summed E-state index contributed by atoms with van der Waals surface area (Å²) in [6, 6.07) is -0.0328. The smallest absolute Gasteiger partial charge is 0.256 e. The monoisotopic (exact) mass is 545 g/mol. The molecule has 218 valence electrons. The number of ketones is 1. The average molecular weight is 546 g/mol. The van der Waals surface area contributed by atoms with Gasteiger partial charge in [-0.25, -0.2) is 4.39 Å². The van der Waals surface area contributed by atoms with Gasteiger partial charge in [0.15, 0.2) is 5.78 Å². The highest BCUT2D eigenvalue weighted by molar-refractivity contribution is 6.20. The maximum Gasteiger partial charge on any atom is 0.256 e. The second kappa shape index (κ2) is 11.4. The van der Waals surface area contributed by atoms with E-state index in [1.165, 1.54) is 25.7 Å². The van der Waals surface area contributed by atoms with E-state index in [0.717, 1.165) is 38.8 Å². The zero-order valence-electron chi connectivity index (χ0n) is 23.7. The van der Waals surface area contributed by atoms with Gasteiger partial charge in [0, 0.05) is 43.8 Å². The lowest BCUT2D eigenvalue weighted by atomic mass is 9.64. The molecule has 3 heterocycles. The number of carbonyl (C=O) groups is 2. The number of nitrogens with zero attached hydrogens (tertiary/aromatic N) is 2. The highest BCUT2D eigenvalue weighted by atomic mass is 19.1. The fourth-order valence-electron chi connectivity index (χ4n) is 8.73. The number of Topliss-reactive ketones (excluding diaryl/α,β-unsaturated/α-hetero) is 1. The van der Waals surface area contributed by atoms with Crippen LogP contribution in [0.2, 0.25) is 0 Å². The largest absolute Gasteiger partial charge is 0.369 e. The van der Waals surface area contributed by atoms with Crippen molar-refractivity contribution in [1.29, 1.82) is 0 Å². The first kappa shape index (κ1) is 27.6. The number of rotatable bonds is 7. The Kier molecular flexibility index (Phi) is 8.06. The van der Waals surface area contributed by atoms with Gasteiger partial charge in [-0.05, 0) is 50.5 Å². The lowest BCUT2D eigenvalue weighted by Crippen LogP contribution is -2.73. The Hall–Kier alpha value is -1.55. The van der Waals surface area contributed by atoms with Crippen molar-refractivity contribution in [2.24, 2.45) is 23.5 Å². The number of hydrogen-bond donors (Lipinski definition) is 3. The minimum atomic E-state index is -1.18. The maximum atomic E-state index is 16.1. The van der Waals surface area contributed by atoms with Crippen LogP contribution in [-0.4, -0.2) is 96.3 Å². The van der Waals surface area contributed by atoms with Gasteiger partial charge in [-0.2, -0.15) is 0 Å². The predicted octanol–water partition coefficient (Wildman–Crippen LogP) is 2.12. The molecule has 3 saturated carbocycles. The summed E-state index contributed by atoms with van der Waals surface area (Å²) in [7, 11) is 0. The van der Waals surface area contributed by atoms with Crippen molar-refractivity contribution in [3.05, 3.63) is 11.8 Å². The van der Waals surface area contributed by atoms with Crippen LogP contribution in [0.25, 0.3) is 0 Å². The van der Waals surface area contributed by atoms with Crippen LogP contribution < -0.4 is 16.4 Å². The topological polar surface area (TPSA) is 99.9 Å². The molecule has 10 unspecified atom stereocenters. The number of nitrogens with two attached hydrogens (primary N) is 1. The highest BCUT2D eigenvalue weighted by Crippen LogP contribution is 2.50. The van der Waals surface area contributed by atoms with E-state index in [2.05, 4.69) is 34.3 Å². The van der Waals surface area contributed by atoms with Gasteiger partial charge in [0.05, 0.1) is 35.9 Å². The summed E-state index contributed by atoms with van der Waals surface area (Å²) in [5.74, 6) is 0.230. The molecule has 6 aliphatic rings. The normalized spacial score (nSPS) is 42.0. The van der Waals surface area contributed by atoms with Crippen molar-refractivity contribution in [2.45, 2.75) is 120 Å². The molecule has 3 aliphatic carbocycles. The van der Waals surface area contributed by atoms with Crippen LogP contribution >= 0.6 is 0 Å². The van der Waals surface area contributed by atoms with Crippen LogP contribution in [0.5, 0.6) is 0 Å². The molecule has 0 bridgehead atoms. The molecule has 0 aromatic heterocycles. The predicted molar refractivity (Wildman–Crippen MR) is 148 cm³/mol. The third kappa shape index (κ3) is 5.29. The fraction of sp³-hybridized carbons (Fsp3) is 0.867. The number of nitrogens with one attached hydrogen (secondary N) is 2. The minimum Gasteiger partial charge on any atom is -0.369 e. The Labute approximate surface area is 232 Å². The molecule has 3 aliphatic heterocycles. The summed E-state index contributed by atoms with van der Waals surface area (Å²) >= 11 is 0. The SMILES string of the molecule is CC(C)NCCCNC(=O)C1=CN2C3CC4CCCCC4CC3OC3C(N4CCC(N)C4)C(F)CC(C1=O)C32. The van der Waals surface area contributed by atoms with Crippen molar-refractivity contribution in [3.8, 4) is 0 Å². The molecule has 39 heavy (non-hydrogen) atoms. The molecule has 0 spiro atoms. The van der Waals surface area contributed by atoms with Crippen molar-refractivity contribution in [3.63, 3.8) is 0 Å². The van der Waals surface area contributed by atoms with Crippen molar-refractivity contribution >= 4 is 11.7 Å². The molecule has 6 rings (SSSR count). The Morgan fingerprint density at radius 3 is 2.62 bits per heavy atom. The molecule has 0 radical (unpaired) electrons. The molecule has 2 saturated heterocycles. The number of alkyl halides is 1. The molecular formula is C30H48FN5O3. The van der Waals surface area contributed by atoms with Gasteiger partial charge in [-0.1, -0.05) is 39.5 Å². The van der Waals surface area contributed by atoms with Crippen LogP contribution in [0.3, 0.4) is 0 Å². The van der Waals surface area contributed by atoms with E-state index in [9.17, 15) is 9.59 Å². The van der Waals surface area contributed by atoms with Gasteiger partial charge < -0.3 is 26.0 Å². The molecule has 4 N–H and O–H groups in total. The second-order valence-corrected chi connectivity index (χ2v) is 13.4. The first-order valence-electron chi connectivity index (χ1n) is 15.7. The van der Waals surface area contributed by atoms with Gasteiger partial charge in [0.25, 0.3) is 5.91 Å². The van der Waals surface area contributed by atoms with E-state index in [0.29, 0.717) is 31.0 Å². The van der Waals surface area contributed by atoms with Gasteiger partial charge in [-0.15, -0.1) is 0 Å². The summed E-state index contributed by atoms with van der Waals surface area (Å²) in [6.07, 6.45) is 9.16. The first-order valence-corrected chi connectivity index (χ1v) is 15.7. The Bertz CT molecular complexity index is 961. The molecule has 9 heteroatoms. The Balaban J connectivity index is 1.28. The Morgan fingerprint density at radius 2 is 1.90 bits per heavy atom. The number of ether oxygens (including phenoxy) is 1. The minimum absolute atomic E-state index is 0.00574. The van der Waals surface area contributed by atoms with E-state index in [4.69, 9.17) is 10.5 Å². The molecular weight excluding hydrogens is 497 g/mol. The van der Waals surface area contributed by atoms with Crippen LogP contribution in [0, 0.1) is 17.8 Å². The molecule has 1 amide bonds. The maximum absolute atomic E-state index is 16.1. The zero-order valence-corrected chi connectivity index (χ0v) is 23.7. The number of morpholine rings is 1. The van der Waals surface area contributed by atoms with E-state index < -0.39 is 24.2 Å². The molecule has 8 nitrogen and oxygen atoms in total. The fourth-order valence-corrected chi connectivity index (χ4v) is 8.73. The average Bonchev–Trinajstić information content (AvgIpc) is 3.33. The van der Waals surface area contributed by atoms with Crippen LogP contribution in [0.15, 0.2) is 11.8 Å². The standard InChI is InChI=1S/C30H48FN5O3/c1-17(2)33-9-5-10-34-30(38)22-16-36-24-12-18-6-3-4-7-19(18)13-25(24)39-29-26(36)21(28(22)37)14-23(31)27(29)35-11-8-20(32)15-35/h16-21,23-27,29,33H,3-15,32H2,1-2H3,(H,34,38). The van der Waals surface area contributed by atoms with E-state index in [1.807, 2.05) is 6.20 Å². The molecule has 10 atom stereocenters. The van der Waals surface area contributed by atoms with E-state index >= 15 is 4.39 Å². The van der Waals surface area contributed by atoms with Crippen LogP contribution in [0.1, 0.15) is 71.6 Å². The summed E-state index contributed by atoms with van der Waals surface area (Å²) < 4.78 is 23.0. The lowest BCUT2D eigenvalue weighted by molar-refractivity contribution is -0.219. The van der Waals surface area contributed by atoms with Gasteiger partial charge in [0.1, 0.15) is 6.17 Å². The summed E-state index contributed by atoms with van der Waals surface area (Å²) in [5, 5.41) is 6.32. The first-order chi connectivity index (χ1) is 18.8. The highest BCUT2D eigenvalue weighted by Gasteiger charge is 2.60. The van der Waals surface area contributed by atoms with Crippen molar-refractivity contribution < 1.29 is 18.7 Å². The number of hydrogen-bond acceptors (Lipinski definition) is 7. The van der Waals surface area contributed by atoms with Gasteiger partial charge in [0.2, 0.25) is 0 Å². The third-order valence-corrected chi connectivity index (χ3v) is 10.6. The molecule has 0 aromatic carbocycles.